The van der Waals surface area contributed by atoms with Crippen LogP contribution in [0.1, 0.15) is 58.3 Å². The van der Waals surface area contributed by atoms with Gasteiger partial charge in [-0.2, -0.15) is 8.78 Å². The highest BCUT2D eigenvalue weighted by Crippen LogP contribution is 2.37. The van der Waals surface area contributed by atoms with E-state index >= 15 is 0 Å². The summed E-state index contributed by atoms with van der Waals surface area (Å²) >= 11 is 0. The molecule has 0 atom stereocenters. The topological polar surface area (TPSA) is 18.5 Å². The fourth-order valence-electron chi connectivity index (χ4n) is 3.77. The van der Waals surface area contributed by atoms with Crippen LogP contribution < -0.4 is 0 Å². The summed E-state index contributed by atoms with van der Waals surface area (Å²) in [6.07, 6.45) is 11.7. The summed E-state index contributed by atoms with van der Waals surface area (Å²) in [7, 11) is 0. The van der Waals surface area contributed by atoms with Gasteiger partial charge in [-0.3, -0.25) is 0 Å². The van der Waals surface area contributed by atoms with Gasteiger partial charge in [-0.1, -0.05) is 25.0 Å². The van der Waals surface area contributed by atoms with Crippen molar-refractivity contribution < 1.29 is 18.3 Å². The van der Waals surface area contributed by atoms with Crippen LogP contribution in [0.4, 0.5) is 8.78 Å². The van der Waals surface area contributed by atoms with Gasteiger partial charge in [0.1, 0.15) is 0 Å². The summed E-state index contributed by atoms with van der Waals surface area (Å²) in [6.45, 7) is 3.65. The van der Waals surface area contributed by atoms with Gasteiger partial charge in [0, 0.05) is 12.3 Å². The van der Waals surface area contributed by atoms with Crippen LogP contribution in [0.5, 0.6) is 0 Å². The summed E-state index contributed by atoms with van der Waals surface area (Å²) < 4.78 is 35.8. The van der Waals surface area contributed by atoms with Crippen molar-refractivity contribution in [2.45, 2.75) is 64.6 Å². The lowest BCUT2D eigenvalue weighted by atomic mass is 9.75. The molecule has 0 aromatic rings. The lowest BCUT2D eigenvalue weighted by Gasteiger charge is -2.37. The third-order valence-electron chi connectivity index (χ3n) is 5.23. The maximum absolute atomic E-state index is 12.1. The largest absolute Gasteiger partial charge is 0.352 e. The summed E-state index contributed by atoms with van der Waals surface area (Å²) in [5.74, 6) is 1.80. The average Bonchev–Trinajstić information content (AvgIpc) is 2.56. The normalized spacial score (nSPS) is 32.1. The lowest BCUT2D eigenvalue weighted by molar-refractivity contribution is -0.211. The summed E-state index contributed by atoms with van der Waals surface area (Å²) in [5, 5.41) is 0. The van der Waals surface area contributed by atoms with Crippen LogP contribution in [0.25, 0.3) is 0 Å². The lowest BCUT2D eigenvalue weighted by Crippen LogP contribution is -2.37. The molecule has 23 heavy (non-hydrogen) atoms. The van der Waals surface area contributed by atoms with E-state index in [9.17, 15) is 8.78 Å². The Balaban J connectivity index is 1.62. The Labute approximate surface area is 138 Å². The first-order chi connectivity index (χ1) is 11.2. The van der Waals surface area contributed by atoms with Crippen LogP contribution in [-0.4, -0.2) is 19.5 Å². The molecule has 2 fully saturated rings. The molecule has 2 aliphatic rings. The highest BCUT2D eigenvalue weighted by Gasteiger charge is 2.31. The predicted molar refractivity (Wildman–Crippen MR) is 88.2 cm³/mol. The first-order valence-electron chi connectivity index (χ1n) is 9.04. The van der Waals surface area contributed by atoms with Gasteiger partial charge in [-0.05, 0) is 56.9 Å². The standard InChI is InChI=1S/C19H30F2O2/c1-2-3-4-8-19-22-13-17(14-23-19)16-11-9-15(10-12-16)6-5-7-18(20)21/h2-3,7,15-17,19H,4-6,8-14H2,1H3/b3-2+. The molecule has 1 aliphatic heterocycles. The quantitative estimate of drug-likeness (QED) is 0.558. The maximum Gasteiger partial charge on any atom is 0.266 e. The zero-order valence-electron chi connectivity index (χ0n) is 14.2. The molecule has 0 unspecified atom stereocenters. The van der Waals surface area contributed by atoms with E-state index in [2.05, 4.69) is 12.2 Å². The van der Waals surface area contributed by atoms with Gasteiger partial charge in [-0.15, -0.1) is 0 Å². The number of ether oxygens (including phenoxy) is 2. The van der Waals surface area contributed by atoms with Crippen molar-refractivity contribution in [3.8, 4) is 0 Å². The third-order valence-corrected chi connectivity index (χ3v) is 5.23. The Hall–Kier alpha value is -0.740. The number of halogens is 2. The van der Waals surface area contributed by atoms with Gasteiger partial charge < -0.3 is 9.47 Å². The van der Waals surface area contributed by atoms with Gasteiger partial charge in [0.25, 0.3) is 6.08 Å². The summed E-state index contributed by atoms with van der Waals surface area (Å²) in [5.41, 5.74) is 0. The minimum atomic E-state index is -1.54. The Morgan fingerprint density at radius 2 is 1.65 bits per heavy atom. The van der Waals surface area contributed by atoms with E-state index in [1.165, 1.54) is 12.8 Å². The van der Waals surface area contributed by atoms with Gasteiger partial charge in [-0.25, -0.2) is 0 Å². The van der Waals surface area contributed by atoms with E-state index in [4.69, 9.17) is 9.47 Å². The molecule has 0 radical (unpaired) electrons. The van der Waals surface area contributed by atoms with Crippen LogP contribution in [0.15, 0.2) is 24.3 Å². The van der Waals surface area contributed by atoms with Gasteiger partial charge in [0.15, 0.2) is 6.29 Å². The van der Waals surface area contributed by atoms with E-state index in [0.29, 0.717) is 24.2 Å². The molecule has 0 aromatic heterocycles. The van der Waals surface area contributed by atoms with Gasteiger partial charge >= 0.3 is 0 Å². The van der Waals surface area contributed by atoms with Crippen LogP contribution in [-0.2, 0) is 9.47 Å². The highest BCUT2D eigenvalue weighted by atomic mass is 19.3. The molecule has 1 heterocycles. The second kappa shape index (κ2) is 10.2. The minimum absolute atomic E-state index is 0.0406. The van der Waals surface area contributed by atoms with Crippen molar-refractivity contribution in [2.24, 2.45) is 17.8 Å². The molecular formula is C19H30F2O2. The minimum Gasteiger partial charge on any atom is -0.352 e. The van der Waals surface area contributed by atoms with Crippen molar-refractivity contribution >= 4 is 0 Å². The molecule has 132 valence electrons. The third kappa shape index (κ3) is 6.72. The predicted octanol–water partition coefficient (Wildman–Crippen LogP) is 5.70. The average molecular weight is 328 g/mol. The Bertz CT molecular complexity index is 375. The second-order valence-electron chi connectivity index (χ2n) is 6.85. The first kappa shape index (κ1) is 18.6. The zero-order valence-corrected chi connectivity index (χ0v) is 14.2. The van der Waals surface area contributed by atoms with E-state index in [1.807, 2.05) is 6.92 Å². The molecule has 0 N–H and O–H groups in total. The highest BCUT2D eigenvalue weighted by molar-refractivity contribution is 4.84. The van der Waals surface area contributed by atoms with Crippen LogP contribution in [0.3, 0.4) is 0 Å². The van der Waals surface area contributed by atoms with Crippen LogP contribution in [0, 0.1) is 17.8 Å². The van der Waals surface area contributed by atoms with Crippen molar-refractivity contribution in [3.05, 3.63) is 24.3 Å². The van der Waals surface area contributed by atoms with Crippen molar-refractivity contribution in [2.75, 3.05) is 13.2 Å². The fourth-order valence-corrected chi connectivity index (χ4v) is 3.77. The smallest absolute Gasteiger partial charge is 0.266 e. The zero-order chi connectivity index (χ0) is 16.5. The molecule has 0 aromatic carbocycles. The number of allylic oxidation sites excluding steroid dienone is 3. The molecule has 1 aliphatic carbocycles. The summed E-state index contributed by atoms with van der Waals surface area (Å²) in [6, 6.07) is 0. The van der Waals surface area contributed by atoms with Crippen LogP contribution in [0.2, 0.25) is 0 Å². The van der Waals surface area contributed by atoms with E-state index in [1.54, 1.807) is 0 Å². The number of hydrogen-bond acceptors (Lipinski definition) is 2. The molecule has 0 spiro atoms. The number of hydrogen-bond donors (Lipinski definition) is 0. The number of rotatable bonds is 7. The molecule has 2 nitrogen and oxygen atoms in total. The van der Waals surface area contributed by atoms with Crippen molar-refractivity contribution in [3.63, 3.8) is 0 Å². The molecule has 2 rings (SSSR count). The van der Waals surface area contributed by atoms with Crippen molar-refractivity contribution in [1.29, 1.82) is 0 Å². The van der Waals surface area contributed by atoms with E-state index in [0.717, 1.165) is 51.4 Å². The van der Waals surface area contributed by atoms with Gasteiger partial charge in [0.05, 0.1) is 13.2 Å². The molecular weight excluding hydrogens is 298 g/mol. The van der Waals surface area contributed by atoms with Gasteiger partial charge in [0.2, 0.25) is 0 Å². The Morgan fingerprint density at radius 1 is 0.957 bits per heavy atom. The molecule has 0 amide bonds. The SMILES string of the molecule is C/C=C/CCC1OCC(C2CCC(CCC=C(F)F)CC2)CO1. The fraction of sp³-hybridized carbons (Fsp3) is 0.789. The molecule has 1 saturated heterocycles. The van der Waals surface area contributed by atoms with Crippen LogP contribution >= 0.6 is 0 Å². The maximum atomic E-state index is 12.1. The molecule has 1 saturated carbocycles. The summed E-state index contributed by atoms with van der Waals surface area (Å²) in [4.78, 5) is 0. The van der Waals surface area contributed by atoms with E-state index in [-0.39, 0.29) is 6.29 Å². The Kier molecular flexibility index (Phi) is 8.24. The monoisotopic (exact) mass is 328 g/mol. The molecule has 0 bridgehead atoms. The molecule has 4 heteroatoms. The second-order valence-corrected chi connectivity index (χ2v) is 6.85. The first-order valence-corrected chi connectivity index (χ1v) is 9.04. The van der Waals surface area contributed by atoms with Crippen molar-refractivity contribution in [1.82, 2.24) is 0 Å². The van der Waals surface area contributed by atoms with E-state index < -0.39 is 6.08 Å². The Morgan fingerprint density at radius 3 is 2.26 bits per heavy atom.